The number of carboxylic acids is 1. The van der Waals surface area contributed by atoms with Crippen LogP contribution in [0.15, 0.2) is 54.6 Å². The number of nitrogens with one attached hydrogen (secondary N) is 1. The fourth-order valence-electron chi connectivity index (χ4n) is 2.40. The van der Waals surface area contributed by atoms with Crippen molar-refractivity contribution in [1.29, 1.82) is 0 Å². The molecule has 0 bridgehead atoms. The molecule has 0 fully saturated rings. The Bertz CT molecular complexity index is 640. The predicted octanol–water partition coefficient (Wildman–Crippen LogP) is -0.479. The van der Waals surface area contributed by atoms with Crippen LogP contribution in [-0.2, 0) is 11.2 Å². The molecule has 0 heterocycles. The Hall–Kier alpha value is -1.37. The van der Waals surface area contributed by atoms with E-state index in [0.717, 1.165) is 17.5 Å². The number of hydrogen-bond donors (Lipinski definition) is 3. The van der Waals surface area contributed by atoms with Gasteiger partial charge in [-0.2, -0.15) is 0 Å². The largest absolute Gasteiger partial charge is 1.00 e. The molecule has 0 saturated heterocycles. The summed E-state index contributed by atoms with van der Waals surface area (Å²) in [7, 11) is 0. The van der Waals surface area contributed by atoms with Gasteiger partial charge in [-0.05, 0) is 36.6 Å². The van der Waals surface area contributed by atoms with Gasteiger partial charge in [0.2, 0.25) is 0 Å². The predicted molar refractivity (Wildman–Crippen MR) is 93.3 cm³/mol. The third-order valence-corrected chi connectivity index (χ3v) is 3.67. The van der Waals surface area contributed by atoms with E-state index in [1.54, 1.807) is 12.1 Å². The zero-order valence-corrected chi connectivity index (χ0v) is 16.7. The minimum atomic E-state index is -0.992. The van der Waals surface area contributed by atoms with Crippen LogP contribution in [0.25, 0.3) is 0 Å². The number of aliphatic carboxylic acids is 1. The molecule has 2 aromatic carbocycles. The van der Waals surface area contributed by atoms with E-state index in [-0.39, 0.29) is 43.6 Å². The molecule has 2 atom stereocenters. The molecule has 5 nitrogen and oxygen atoms in total. The molecular formula is C19H24NNaO4. The van der Waals surface area contributed by atoms with Gasteiger partial charge < -0.3 is 21.7 Å². The van der Waals surface area contributed by atoms with E-state index in [1.807, 2.05) is 42.5 Å². The van der Waals surface area contributed by atoms with Crippen molar-refractivity contribution in [3.8, 4) is 5.75 Å². The summed E-state index contributed by atoms with van der Waals surface area (Å²) in [6.45, 7) is 2.21. The number of carboxylic acid groups (broad SMARTS) is 1. The third kappa shape index (κ3) is 8.03. The number of benzene rings is 2. The van der Waals surface area contributed by atoms with Crippen molar-refractivity contribution in [2.75, 3.05) is 13.2 Å². The van der Waals surface area contributed by atoms with Gasteiger partial charge in [0, 0.05) is 12.6 Å². The number of carbonyl (C=O) groups is 1. The van der Waals surface area contributed by atoms with Gasteiger partial charge in [0.1, 0.15) is 5.75 Å². The van der Waals surface area contributed by atoms with Crippen molar-refractivity contribution < 1.29 is 50.7 Å². The Morgan fingerprint density at radius 2 is 1.80 bits per heavy atom. The van der Waals surface area contributed by atoms with E-state index in [0.29, 0.717) is 12.3 Å². The van der Waals surface area contributed by atoms with Gasteiger partial charge in [0.25, 0.3) is 0 Å². The van der Waals surface area contributed by atoms with Gasteiger partial charge in [-0.3, -0.25) is 0 Å². The van der Waals surface area contributed by atoms with E-state index >= 15 is 0 Å². The first-order valence-corrected chi connectivity index (χ1v) is 7.94. The summed E-state index contributed by atoms with van der Waals surface area (Å²) in [6, 6.07) is 17.1. The average molecular weight is 353 g/mol. The summed E-state index contributed by atoms with van der Waals surface area (Å²) in [6.07, 6.45) is 0.279. The van der Waals surface area contributed by atoms with Crippen molar-refractivity contribution in [2.45, 2.75) is 25.5 Å². The quantitative estimate of drug-likeness (QED) is 0.531. The average Bonchev–Trinajstić information content (AvgIpc) is 2.60. The number of ether oxygens (including phenoxy) is 1. The molecule has 2 rings (SSSR count). The van der Waals surface area contributed by atoms with Crippen molar-refractivity contribution in [2.24, 2.45) is 0 Å². The van der Waals surface area contributed by atoms with Crippen LogP contribution in [-0.4, -0.2) is 35.4 Å². The molecular weight excluding hydrogens is 329 g/mol. The molecule has 130 valence electrons. The molecule has 3 N–H and O–H groups in total. The summed E-state index contributed by atoms with van der Waals surface area (Å²) < 4.78 is 5.11. The van der Waals surface area contributed by atoms with Crippen LogP contribution in [0.3, 0.4) is 0 Å². The zero-order valence-electron chi connectivity index (χ0n) is 15.7. The summed E-state index contributed by atoms with van der Waals surface area (Å²) >= 11 is 0. The molecule has 0 radical (unpaired) electrons. The molecule has 0 aliphatic heterocycles. The zero-order chi connectivity index (χ0) is 17.4. The van der Waals surface area contributed by atoms with Crippen molar-refractivity contribution >= 4 is 5.97 Å². The molecule has 0 aromatic heterocycles. The maximum absolute atomic E-state index is 10.5. The normalized spacial score (nSPS) is 12.7. The van der Waals surface area contributed by atoms with E-state index < -0.39 is 12.1 Å². The molecule has 0 saturated carbocycles. The van der Waals surface area contributed by atoms with Crippen LogP contribution in [0.2, 0.25) is 0 Å². The summed E-state index contributed by atoms with van der Waals surface area (Å²) in [5.74, 6) is -0.449. The minimum absolute atomic E-state index is 0. The van der Waals surface area contributed by atoms with Crippen LogP contribution in [0.5, 0.6) is 5.75 Å². The van der Waals surface area contributed by atoms with Crippen LogP contribution in [0.1, 0.15) is 25.6 Å². The van der Waals surface area contributed by atoms with Gasteiger partial charge in [0.05, 0.1) is 6.10 Å². The molecule has 25 heavy (non-hydrogen) atoms. The van der Waals surface area contributed by atoms with Crippen molar-refractivity contribution in [3.05, 3.63) is 65.7 Å². The first-order valence-electron chi connectivity index (χ1n) is 7.94. The monoisotopic (exact) mass is 353 g/mol. The van der Waals surface area contributed by atoms with Crippen LogP contribution < -0.4 is 39.6 Å². The molecule has 0 aliphatic carbocycles. The number of aliphatic hydroxyl groups is 1. The smallest absolute Gasteiger partial charge is 1.00 e. The number of rotatable bonds is 9. The number of aliphatic hydroxyl groups excluding tert-OH is 1. The molecule has 0 aliphatic rings. The van der Waals surface area contributed by atoms with Crippen LogP contribution in [0, 0.1) is 0 Å². The Morgan fingerprint density at radius 3 is 2.40 bits per heavy atom. The van der Waals surface area contributed by atoms with Crippen molar-refractivity contribution in [3.63, 3.8) is 0 Å². The Morgan fingerprint density at radius 1 is 1.16 bits per heavy atom. The standard InChI is InChI=1S/C19H23NO4.Na.H/c1-14(20-12-18(21)16-5-3-2-4-6-16)11-15-7-9-17(10-8-15)24-13-19(22)23;;/h2-10,14,18,20-21H,11-13H2,1H3,(H,22,23);;/q;+1;-1. The van der Waals surface area contributed by atoms with Crippen molar-refractivity contribution in [1.82, 2.24) is 5.32 Å². The maximum atomic E-state index is 10.5. The molecule has 0 spiro atoms. The van der Waals surface area contributed by atoms with Gasteiger partial charge >= 0.3 is 35.5 Å². The van der Waals surface area contributed by atoms with E-state index in [4.69, 9.17) is 9.84 Å². The summed E-state index contributed by atoms with van der Waals surface area (Å²) in [4.78, 5) is 10.5. The summed E-state index contributed by atoms with van der Waals surface area (Å²) in [5, 5.41) is 22.1. The Balaban J connectivity index is 0.00000312. The Labute approximate surface area is 171 Å². The third-order valence-electron chi connectivity index (χ3n) is 3.67. The molecule has 0 amide bonds. The van der Waals surface area contributed by atoms with E-state index in [1.165, 1.54) is 0 Å². The number of hydrogen-bond acceptors (Lipinski definition) is 4. The second-order valence-corrected chi connectivity index (χ2v) is 5.77. The van der Waals surface area contributed by atoms with E-state index in [9.17, 15) is 9.90 Å². The van der Waals surface area contributed by atoms with Gasteiger partial charge in [0.15, 0.2) is 6.61 Å². The topological polar surface area (TPSA) is 78.8 Å². The van der Waals surface area contributed by atoms with Gasteiger partial charge in [-0.25, -0.2) is 4.79 Å². The molecule has 2 aromatic rings. The SMILES string of the molecule is CC(Cc1ccc(OCC(=O)O)cc1)NCC(O)c1ccccc1.[H-].[Na+]. The summed E-state index contributed by atoms with van der Waals surface area (Å²) in [5.41, 5.74) is 2.02. The van der Waals surface area contributed by atoms with Crippen LogP contribution >= 0.6 is 0 Å². The maximum Gasteiger partial charge on any atom is 1.00 e. The second-order valence-electron chi connectivity index (χ2n) is 5.77. The first-order chi connectivity index (χ1) is 11.5. The fourth-order valence-corrected chi connectivity index (χ4v) is 2.40. The van der Waals surface area contributed by atoms with Gasteiger partial charge in [-0.1, -0.05) is 42.5 Å². The van der Waals surface area contributed by atoms with Gasteiger partial charge in [-0.15, -0.1) is 0 Å². The molecule has 6 heteroatoms. The minimum Gasteiger partial charge on any atom is -1.00 e. The Kier molecular flexibility index (Phi) is 9.78. The van der Waals surface area contributed by atoms with Crippen LogP contribution in [0.4, 0.5) is 0 Å². The van der Waals surface area contributed by atoms with E-state index in [2.05, 4.69) is 12.2 Å². The molecule has 2 unspecified atom stereocenters. The second kappa shape index (κ2) is 11.3. The fraction of sp³-hybridized carbons (Fsp3) is 0.316. The first kappa shape index (κ1) is 21.7.